The smallest absolute Gasteiger partial charge is 0.0328 e. The molecule has 2 heteroatoms. The Morgan fingerprint density at radius 1 is 1.00 bits per heavy atom. The molecule has 0 aliphatic heterocycles. The molecule has 72 valence electrons. The van der Waals surface area contributed by atoms with Gasteiger partial charge in [0.05, 0.1) is 0 Å². The van der Waals surface area contributed by atoms with Crippen LogP contribution in [-0.4, -0.2) is 11.5 Å². The van der Waals surface area contributed by atoms with Crippen LogP contribution in [0.3, 0.4) is 0 Å². The molecule has 0 aliphatic carbocycles. The van der Waals surface area contributed by atoms with E-state index < -0.39 is 0 Å². The molecule has 0 saturated carbocycles. The van der Waals surface area contributed by atoms with Crippen LogP contribution in [0.15, 0.2) is 10.8 Å². The zero-order valence-corrected chi connectivity index (χ0v) is 9.90. The SMILES string of the molecule is C=C(SCCCC)SCCCC. The van der Waals surface area contributed by atoms with E-state index in [0.29, 0.717) is 0 Å². The first-order chi connectivity index (χ1) is 5.81. The van der Waals surface area contributed by atoms with Crippen LogP contribution in [0.25, 0.3) is 0 Å². The summed E-state index contributed by atoms with van der Waals surface area (Å²) >= 11 is 3.84. The van der Waals surface area contributed by atoms with Gasteiger partial charge in [0.15, 0.2) is 0 Å². The third-order valence-electron chi connectivity index (χ3n) is 1.52. The molecule has 0 unspecified atom stereocenters. The summed E-state index contributed by atoms with van der Waals surface area (Å²) in [5.74, 6) is 2.49. The van der Waals surface area contributed by atoms with Crippen molar-refractivity contribution in [3.05, 3.63) is 10.8 Å². The van der Waals surface area contributed by atoms with Gasteiger partial charge in [-0.3, -0.25) is 0 Å². The number of rotatable bonds is 8. The van der Waals surface area contributed by atoms with Gasteiger partial charge in [0.2, 0.25) is 0 Å². The van der Waals surface area contributed by atoms with E-state index in [1.807, 2.05) is 23.5 Å². The molecule has 0 aromatic heterocycles. The van der Waals surface area contributed by atoms with Gasteiger partial charge in [-0.25, -0.2) is 0 Å². The lowest BCUT2D eigenvalue weighted by atomic mass is 10.4. The second-order valence-electron chi connectivity index (χ2n) is 2.78. The van der Waals surface area contributed by atoms with E-state index in [1.165, 1.54) is 41.4 Å². The van der Waals surface area contributed by atoms with Gasteiger partial charge in [-0.05, 0) is 24.3 Å². The maximum atomic E-state index is 4.02. The fourth-order valence-electron chi connectivity index (χ4n) is 0.702. The van der Waals surface area contributed by atoms with E-state index in [-0.39, 0.29) is 0 Å². The number of unbranched alkanes of at least 4 members (excludes halogenated alkanes) is 2. The third kappa shape index (κ3) is 8.54. The summed E-state index contributed by atoms with van der Waals surface area (Å²) < 4.78 is 1.30. The molecule has 0 fully saturated rings. The van der Waals surface area contributed by atoms with Crippen molar-refractivity contribution < 1.29 is 0 Å². The maximum absolute atomic E-state index is 4.02. The van der Waals surface area contributed by atoms with Crippen LogP contribution in [0.2, 0.25) is 0 Å². The van der Waals surface area contributed by atoms with Crippen molar-refractivity contribution >= 4 is 23.5 Å². The quantitative estimate of drug-likeness (QED) is 0.533. The van der Waals surface area contributed by atoms with Crippen molar-refractivity contribution in [2.75, 3.05) is 11.5 Å². The Balaban J connectivity index is 3.10. The molecule has 0 bridgehead atoms. The molecule has 0 saturated heterocycles. The van der Waals surface area contributed by atoms with Crippen molar-refractivity contribution in [2.24, 2.45) is 0 Å². The van der Waals surface area contributed by atoms with Gasteiger partial charge in [0, 0.05) is 4.24 Å². The van der Waals surface area contributed by atoms with Gasteiger partial charge in [0.25, 0.3) is 0 Å². The van der Waals surface area contributed by atoms with E-state index in [4.69, 9.17) is 0 Å². The molecule has 0 rings (SSSR count). The lowest BCUT2D eigenvalue weighted by Gasteiger charge is -2.03. The lowest BCUT2D eigenvalue weighted by Crippen LogP contribution is -1.80. The highest BCUT2D eigenvalue weighted by Gasteiger charge is 1.94. The Morgan fingerprint density at radius 3 is 1.75 bits per heavy atom. The molecular formula is C10H20S2. The molecule has 0 atom stereocenters. The van der Waals surface area contributed by atoms with E-state index in [0.717, 1.165) is 0 Å². The van der Waals surface area contributed by atoms with Crippen LogP contribution in [-0.2, 0) is 0 Å². The average molecular weight is 204 g/mol. The van der Waals surface area contributed by atoms with Gasteiger partial charge in [-0.2, -0.15) is 0 Å². The van der Waals surface area contributed by atoms with Crippen LogP contribution >= 0.6 is 23.5 Å². The van der Waals surface area contributed by atoms with Gasteiger partial charge in [-0.15, -0.1) is 23.5 Å². The van der Waals surface area contributed by atoms with Gasteiger partial charge in [0.1, 0.15) is 0 Å². The van der Waals surface area contributed by atoms with Gasteiger partial charge >= 0.3 is 0 Å². The van der Waals surface area contributed by atoms with Crippen molar-refractivity contribution in [1.29, 1.82) is 0 Å². The number of hydrogen-bond acceptors (Lipinski definition) is 2. The predicted octanol–water partition coefficient (Wildman–Crippen LogP) is 4.52. The van der Waals surface area contributed by atoms with Gasteiger partial charge < -0.3 is 0 Å². The highest BCUT2D eigenvalue weighted by molar-refractivity contribution is 8.22. The van der Waals surface area contributed by atoms with Crippen LogP contribution in [0.4, 0.5) is 0 Å². The second-order valence-corrected chi connectivity index (χ2v) is 5.41. The van der Waals surface area contributed by atoms with Crippen molar-refractivity contribution in [3.8, 4) is 0 Å². The Hall–Kier alpha value is 0.440. The average Bonchev–Trinajstić information content (AvgIpc) is 2.06. The first kappa shape index (κ1) is 12.4. The fraction of sp³-hybridized carbons (Fsp3) is 0.800. The summed E-state index contributed by atoms with van der Waals surface area (Å²) in [4.78, 5) is 0. The summed E-state index contributed by atoms with van der Waals surface area (Å²) in [5, 5.41) is 0. The lowest BCUT2D eigenvalue weighted by molar-refractivity contribution is 0.896. The molecule has 0 aliphatic rings. The van der Waals surface area contributed by atoms with Crippen molar-refractivity contribution in [3.63, 3.8) is 0 Å². The van der Waals surface area contributed by atoms with Crippen molar-refractivity contribution in [1.82, 2.24) is 0 Å². The second kappa shape index (κ2) is 9.53. The van der Waals surface area contributed by atoms with Crippen LogP contribution in [0, 0.1) is 0 Å². The highest BCUT2D eigenvalue weighted by atomic mass is 32.2. The summed E-state index contributed by atoms with van der Waals surface area (Å²) in [7, 11) is 0. The minimum atomic E-state index is 1.24. The molecule has 0 heterocycles. The third-order valence-corrected chi connectivity index (χ3v) is 3.86. The molecule has 0 amide bonds. The monoisotopic (exact) mass is 204 g/mol. The number of thioether (sulfide) groups is 2. The summed E-state index contributed by atoms with van der Waals surface area (Å²) in [5.41, 5.74) is 0. The van der Waals surface area contributed by atoms with Crippen LogP contribution in [0.1, 0.15) is 39.5 Å². The van der Waals surface area contributed by atoms with Crippen LogP contribution < -0.4 is 0 Å². The molecule has 0 spiro atoms. The Bertz CT molecular complexity index is 98.4. The zero-order chi connectivity index (χ0) is 9.23. The fourth-order valence-corrected chi connectivity index (χ4v) is 2.86. The summed E-state index contributed by atoms with van der Waals surface area (Å²) in [6, 6.07) is 0. The van der Waals surface area contributed by atoms with E-state index >= 15 is 0 Å². The zero-order valence-electron chi connectivity index (χ0n) is 8.27. The molecule has 12 heavy (non-hydrogen) atoms. The minimum Gasteiger partial charge on any atom is -0.120 e. The topological polar surface area (TPSA) is 0 Å². The Morgan fingerprint density at radius 2 is 1.42 bits per heavy atom. The Labute approximate surface area is 85.6 Å². The molecule has 0 radical (unpaired) electrons. The van der Waals surface area contributed by atoms with E-state index in [9.17, 15) is 0 Å². The molecule has 0 aromatic carbocycles. The van der Waals surface area contributed by atoms with Crippen LogP contribution in [0.5, 0.6) is 0 Å². The molecule has 0 nitrogen and oxygen atoms in total. The number of hydrogen-bond donors (Lipinski definition) is 0. The normalized spacial score (nSPS) is 10.2. The predicted molar refractivity (Wildman–Crippen MR) is 63.9 cm³/mol. The molecular weight excluding hydrogens is 184 g/mol. The summed E-state index contributed by atoms with van der Waals surface area (Å²) in [6.45, 7) is 8.48. The largest absolute Gasteiger partial charge is 0.120 e. The molecule has 0 aromatic rings. The summed E-state index contributed by atoms with van der Waals surface area (Å²) in [6.07, 6.45) is 5.22. The highest BCUT2D eigenvalue weighted by Crippen LogP contribution is 2.27. The van der Waals surface area contributed by atoms with Crippen molar-refractivity contribution in [2.45, 2.75) is 39.5 Å². The minimum absolute atomic E-state index is 1.24. The first-order valence-corrected chi connectivity index (χ1v) is 6.72. The van der Waals surface area contributed by atoms with Gasteiger partial charge in [-0.1, -0.05) is 33.3 Å². The maximum Gasteiger partial charge on any atom is 0.0328 e. The standard InChI is InChI=1S/C10H20S2/c1-4-6-8-11-10(3)12-9-7-5-2/h3-9H2,1-2H3. The Kier molecular flexibility index (Phi) is 9.88. The van der Waals surface area contributed by atoms with E-state index in [2.05, 4.69) is 20.4 Å². The van der Waals surface area contributed by atoms with E-state index in [1.54, 1.807) is 0 Å². The first-order valence-electron chi connectivity index (χ1n) is 4.75. The molecule has 0 N–H and O–H groups in total.